The molecule has 0 aliphatic carbocycles. The molecule has 236 valence electrons. The number of ether oxygens (including phenoxy) is 1. The van der Waals surface area contributed by atoms with Gasteiger partial charge < -0.3 is 19.8 Å². The van der Waals surface area contributed by atoms with E-state index in [0.29, 0.717) is 33.8 Å². The van der Waals surface area contributed by atoms with Gasteiger partial charge in [0.25, 0.3) is 0 Å². The minimum atomic E-state index is -4.57. The topological polar surface area (TPSA) is 153 Å². The number of aromatic nitrogens is 4. The van der Waals surface area contributed by atoms with Crippen molar-refractivity contribution in [3.63, 3.8) is 0 Å². The van der Waals surface area contributed by atoms with E-state index in [4.69, 9.17) is 14.5 Å². The number of nitrogens with zero attached hydrogens (tertiary/aromatic N) is 4. The lowest BCUT2D eigenvalue weighted by atomic mass is 9.84. The third-order valence-electron chi connectivity index (χ3n) is 7.01. The molecule has 0 saturated heterocycles. The van der Waals surface area contributed by atoms with Gasteiger partial charge in [-0.2, -0.15) is 10.2 Å². The van der Waals surface area contributed by atoms with Gasteiger partial charge in [0.05, 0.1) is 36.7 Å². The van der Waals surface area contributed by atoms with Crippen molar-refractivity contribution < 1.29 is 32.8 Å². The van der Waals surface area contributed by atoms with E-state index in [1.54, 1.807) is 46.0 Å². The van der Waals surface area contributed by atoms with Gasteiger partial charge in [-0.15, -0.1) is 0 Å². The summed E-state index contributed by atoms with van der Waals surface area (Å²) in [6.07, 6.45) is 3.20. The van der Waals surface area contributed by atoms with Crippen molar-refractivity contribution in [2.75, 3.05) is 11.9 Å². The molecule has 2 amide bonds. The first-order valence-corrected chi connectivity index (χ1v) is 15.6. The monoisotopic (exact) mass is 636 g/mol. The molecule has 0 atom stereocenters. The van der Waals surface area contributed by atoms with Crippen molar-refractivity contribution in [3.05, 3.63) is 95.6 Å². The molecule has 0 unspecified atom stereocenters. The van der Waals surface area contributed by atoms with E-state index in [2.05, 4.69) is 46.1 Å². The summed E-state index contributed by atoms with van der Waals surface area (Å²) in [5.74, 6) is 0.784. The summed E-state index contributed by atoms with van der Waals surface area (Å²) >= 11 is 0. The number of amides is 2. The molecule has 0 aliphatic rings. The number of rotatable bonds is 10. The molecule has 0 radical (unpaired) electrons. The lowest BCUT2D eigenvalue weighted by molar-refractivity contribution is 0.189. The molecule has 2 heterocycles. The Kier molecular flexibility index (Phi) is 9.08. The van der Waals surface area contributed by atoms with Gasteiger partial charge >= 0.3 is 13.9 Å². The zero-order valence-corrected chi connectivity index (χ0v) is 26.1. The van der Waals surface area contributed by atoms with Gasteiger partial charge in [0.1, 0.15) is 23.1 Å². The Bertz CT molecular complexity index is 1890. The minimum Gasteiger partial charge on any atom is -0.457 e. The molecule has 12 nitrogen and oxygen atoms in total. The Morgan fingerprint density at radius 3 is 2.62 bits per heavy atom. The second-order valence-corrected chi connectivity index (χ2v) is 12.7. The number of urea groups is 1. The summed E-state index contributed by atoms with van der Waals surface area (Å²) in [6.45, 7) is 8.24. The van der Waals surface area contributed by atoms with Crippen LogP contribution in [-0.4, -0.2) is 42.0 Å². The Labute approximate surface area is 259 Å². The minimum absolute atomic E-state index is 0.0234. The number of phosphoric ester groups is 1. The van der Waals surface area contributed by atoms with Gasteiger partial charge in [-0.1, -0.05) is 39.0 Å². The van der Waals surface area contributed by atoms with Crippen LogP contribution in [-0.2, 0) is 27.6 Å². The number of carbonyl (C=O) groups excluding carboxylic acids is 1. The standard InChI is InChI=1S/C31H34FN6O6P/c1-20-6-5-7-25(31(2,3)4)29(20)38-28(12-13-34-38)36-30(39)33-18-22-16-23(32)8-11-27(22)44-24-9-10-26-21(17-24)19-35-37(26)14-15-43-45(40,41)42/h5-13,16-17,19H,14-15,18H2,1-4H3,(H2,33,36,39)(H2,40,41,42). The number of para-hydroxylation sites is 1. The van der Waals surface area contributed by atoms with Gasteiger partial charge in [0, 0.05) is 23.6 Å². The second kappa shape index (κ2) is 12.8. The molecule has 0 aliphatic heterocycles. The molecule has 2 aromatic heterocycles. The fourth-order valence-corrected chi connectivity index (χ4v) is 5.24. The number of benzene rings is 3. The number of fused-ring (bicyclic) bond motifs is 1. The summed E-state index contributed by atoms with van der Waals surface area (Å²) in [7, 11) is -4.57. The lowest BCUT2D eigenvalue weighted by Crippen LogP contribution is -2.29. The van der Waals surface area contributed by atoms with Gasteiger partial charge in [0.15, 0.2) is 0 Å². The quantitative estimate of drug-likeness (QED) is 0.132. The number of carbonyl (C=O) groups is 1. The van der Waals surface area contributed by atoms with E-state index >= 15 is 0 Å². The largest absolute Gasteiger partial charge is 0.469 e. The van der Waals surface area contributed by atoms with Gasteiger partial charge in [-0.25, -0.2) is 18.4 Å². The van der Waals surface area contributed by atoms with Crippen LogP contribution < -0.4 is 15.4 Å². The summed E-state index contributed by atoms with van der Waals surface area (Å²) < 4.78 is 39.0. The highest BCUT2D eigenvalue weighted by atomic mass is 31.2. The van der Waals surface area contributed by atoms with Crippen LogP contribution in [0.5, 0.6) is 11.5 Å². The Balaban J connectivity index is 1.28. The number of hydrogen-bond acceptors (Lipinski definition) is 6. The number of aryl methyl sites for hydroxylation is 1. The molecule has 0 saturated carbocycles. The van der Waals surface area contributed by atoms with Crippen LogP contribution in [0.2, 0.25) is 0 Å². The van der Waals surface area contributed by atoms with E-state index < -0.39 is 19.7 Å². The van der Waals surface area contributed by atoms with E-state index in [1.807, 2.05) is 25.1 Å². The first kappa shape index (κ1) is 31.9. The first-order valence-electron chi connectivity index (χ1n) is 14.1. The van der Waals surface area contributed by atoms with Crippen LogP contribution in [0.25, 0.3) is 16.6 Å². The fraction of sp³-hybridized carbons (Fsp3) is 0.258. The van der Waals surface area contributed by atoms with Crippen molar-refractivity contribution in [2.45, 2.75) is 46.2 Å². The summed E-state index contributed by atoms with van der Waals surface area (Å²) in [5, 5.41) is 15.0. The zero-order chi connectivity index (χ0) is 32.4. The number of nitrogens with one attached hydrogen (secondary N) is 2. The van der Waals surface area contributed by atoms with Gasteiger partial charge in [-0.3, -0.25) is 14.5 Å². The normalized spacial score (nSPS) is 12.0. The summed E-state index contributed by atoms with van der Waals surface area (Å²) in [5.41, 5.74) is 3.94. The van der Waals surface area contributed by atoms with Crippen molar-refractivity contribution in [3.8, 4) is 17.2 Å². The van der Waals surface area contributed by atoms with E-state index in [1.165, 1.54) is 18.2 Å². The fourth-order valence-electron chi connectivity index (χ4n) is 4.92. The lowest BCUT2D eigenvalue weighted by Gasteiger charge is -2.25. The number of anilines is 1. The van der Waals surface area contributed by atoms with Crippen LogP contribution in [0.15, 0.2) is 73.1 Å². The molecule has 0 bridgehead atoms. The van der Waals surface area contributed by atoms with Crippen LogP contribution >= 0.6 is 7.82 Å². The van der Waals surface area contributed by atoms with E-state index in [-0.39, 0.29) is 25.1 Å². The summed E-state index contributed by atoms with van der Waals surface area (Å²) in [4.78, 5) is 30.8. The maximum atomic E-state index is 14.2. The Morgan fingerprint density at radius 1 is 1.07 bits per heavy atom. The predicted molar refractivity (Wildman–Crippen MR) is 167 cm³/mol. The van der Waals surface area contributed by atoms with Crippen molar-refractivity contribution in [1.82, 2.24) is 24.9 Å². The third-order valence-corrected chi connectivity index (χ3v) is 7.53. The molecule has 5 rings (SSSR count). The number of hydrogen-bond donors (Lipinski definition) is 4. The maximum absolute atomic E-state index is 14.2. The predicted octanol–water partition coefficient (Wildman–Crippen LogP) is 6.19. The molecule has 4 N–H and O–H groups in total. The molecule has 45 heavy (non-hydrogen) atoms. The van der Waals surface area contributed by atoms with Crippen molar-refractivity contribution >= 4 is 30.6 Å². The van der Waals surface area contributed by atoms with Crippen molar-refractivity contribution in [2.24, 2.45) is 0 Å². The number of halogens is 1. The van der Waals surface area contributed by atoms with Crippen molar-refractivity contribution in [1.29, 1.82) is 0 Å². The molecular formula is C31H34FN6O6P. The van der Waals surface area contributed by atoms with Crippen LogP contribution in [0.3, 0.4) is 0 Å². The SMILES string of the molecule is Cc1cccc(C(C)(C)C)c1-n1nccc1NC(=O)NCc1cc(F)ccc1Oc1ccc2c(cnn2CCOP(=O)(O)O)c1. The third kappa shape index (κ3) is 7.76. The molecule has 3 aromatic carbocycles. The molecule has 0 spiro atoms. The maximum Gasteiger partial charge on any atom is 0.469 e. The summed E-state index contributed by atoms with van der Waals surface area (Å²) in [6, 6.07) is 16.5. The highest BCUT2D eigenvalue weighted by molar-refractivity contribution is 7.46. The first-order chi connectivity index (χ1) is 21.3. The molecular weight excluding hydrogens is 602 g/mol. The number of phosphoric acid groups is 1. The molecule has 5 aromatic rings. The van der Waals surface area contributed by atoms with Crippen LogP contribution in [0.4, 0.5) is 15.0 Å². The highest BCUT2D eigenvalue weighted by Crippen LogP contribution is 2.36. The molecule has 14 heteroatoms. The Morgan fingerprint density at radius 2 is 1.87 bits per heavy atom. The van der Waals surface area contributed by atoms with E-state index in [0.717, 1.165) is 16.8 Å². The average Bonchev–Trinajstić information content (AvgIpc) is 3.58. The van der Waals surface area contributed by atoms with Crippen LogP contribution in [0, 0.1) is 12.7 Å². The zero-order valence-electron chi connectivity index (χ0n) is 25.2. The highest BCUT2D eigenvalue weighted by Gasteiger charge is 2.22. The van der Waals surface area contributed by atoms with Crippen LogP contribution in [0.1, 0.15) is 37.5 Å². The van der Waals surface area contributed by atoms with E-state index in [9.17, 15) is 13.8 Å². The van der Waals surface area contributed by atoms with Gasteiger partial charge in [-0.05, 0) is 59.9 Å². The smallest absolute Gasteiger partial charge is 0.457 e. The average molecular weight is 637 g/mol. The van der Waals surface area contributed by atoms with Gasteiger partial charge in [0.2, 0.25) is 0 Å². The molecule has 0 fully saturated rings. The second-order valence-electron chi connectivity index (χ2n) is 11.4. The Hall–Kier alpha value is -4.55.